The number of benzene rings is 1. The predicted molar refractivity (Wildman–Crippen MR) is 104 cm³/mol. The van der Waals surface area contributed by atoms with Crippen LogP contribution in [0.4, 0.5) is 11.4 Å². The Bertz CT molecular complexity index is 926. The maximum Gasteiger partial charge on any atom is 0.278 e. The van der Waals surface area contributed by atoms with Gasteiger partial charge in [0.25, 0.3) is 5.91 Å². The number of carbonyl (C=O) groups excluding carboxylic acids is 1. The average molecular weight is 365 g/mol. The van der Waals surface area contributed by atoms with Crippen LogP contribution in [0.15, 0.2) is 48.2 Å². The molecule has 3 aromatic rings. The molecule has 6 nitrogen and oxygen atoms in total. The van der Waals surface area contributed by atoms with Gasteiger partial charge in [-0.05, 0) is 25.5 Å². The molecule has 0 spiro atoms. The van der Waals surface area contributed by atoms with Crippen molar-refractivity contribution in [3.8, 4) is 10.7 Å². The second-order valence-corrected chi connectivity index (χ2v) is 7.21. The molecule has 0 aliphatic carbocycles. The molecule has 2 aromatic heterocycles. The highest BCUT2D eigenvalue weighted by Crippen LogP contribution is 2.35. The Morgan fingerprint density at radius 2 is 2.04 bits per heavy atom. The molecule has 0 N–H and O–H groups in total. The van der Waals surface area contributed by atoms with E-state index in [1.807, 2.05) is 23.1 Å². The maximum absolute atomic E-state index is 13.3. The molecule has 0 bridgehead atoms. The van der Waals surface area contributed by atoms with E-state index in [9.17, 15) is 4.79 Å². The number of fused-ring (bicyclic) bond motifs is 1. The van der Waals surface area contributed by atoms with E-state index >= 15 is 0 Å². The average Bonchev–Trinajstić information content (AvgIpc) is 3.13. The number of thiazole rings is 1. The van der Waals surface area contributed by atoms with E-state index in [1.165, 1.54) is 11.3 Å². The molecule has 4 rings (SSSR count). The first-order valence-electron chi connectivity index (χ1n) is 8.51. The van der Waals surface area contributed by atoms with Gasteiger partial charge in [0, 0.05) is 37.4 Å². The summed E-state index contributed by atoms with van der Waals surface area (Å²) < 4.78 is 0. The lowest BCUT2D eigenvalue weighted by Gasteiger charge is -2.27. The monoisotopic (exact) mass is 365 g/mol. The second-order valence-electron chi connectivity index (χ2n) is 6.35. The smallest absolute Gasteiger partial charge is 0.278 e. The Hall–Kier alpha value is -2.80. The molecule has 0 radical (unpaired) electrons. The molecule has 0 saturated heterocycles. The van der Waals surface area contributed by atoms with Gasteiger partial charge in [-0.2, -0.15) is 0 Å². The zero-order chi connectivity index (χ0) is 18.1. The van der Waals surface area contributed by atoms with E-state index < -0.39 is 0 Å². The minimum absolute atomic E-state index is 0.0772. The van der Waals surface area contributed by atoms with E-state index in [0.29, 0.717) is 16.4 Å². The maximum atomic E-state index is 13.3. The molecule has 1 amide bonds. The molecule has 7 heteroatoms. The molecular weight excluding hydrogens is 346 g/mol. The highest BCUT2D eigenvalue weighted by Gasteiger charge is 2.30. The minimum Gasteiger partial charge on any atom is -0.373 e. The van der Waals surface area contributed by atoms with Crippen LogP contribution in [-0.4, -0.2) is 40.5 Å². The number of carbonyl (C=O) groups is 1. The molecule has 132 valence electrons. The van der Waals surface area contributed by atoms with Gasteiger partial charge in [0.2, 0.25) is 0 Å². The minimum atomic E-state index is -0.0772. The van der Waals surface area contributed by atoms with E-state index in [2.05, 4.69) is 39.9 Å². The molecule has 1 atom stereocenters. The summed E-state index contributed by atoms with van der Waals surface area (Å²) in [5.41, 5.74) is 3.12. The van der Waals surface area contributed by atoms with Crippen LogP contribution < -0.4 is 9.80 Å². The topological polar surface area (TPSA) is 62.2 Å². The molecule has 26 heavy (non-hydrogen) atoms. The van der Waals surface area contributed by atoms with Crippen molar-refractivity contribution in [1.82, 2.24) is 15.0 Å². The van der Waals surface area contributed by atoms with Gasteiger partial charge >= 0.3 is 0 Å². The molecule has 1 aromatic carbocycles. The third-order valence-corrected chi connectivity index (χ3v) is 5.46. The summed E-state index contributed by atoms with van der Waals surface area (Å²) >= 11 is 1.41. The number of hydrogen-bond acceptors (Lipinski definition) is 6. The lowest BCUT2D eigenvalue weighted by Crippen LogP contribution is -2.38. The fraction of sp³-hybridized carbons (Fsp3) is 0.263. The van der Waals surface area contributed by atoms with Crippen molar-refractivity contribution < 1.29 is 4.79 Å². The number of nitrogens with zero attached hydrogens (tertiary/aromatic N) is 5. The van der Waals surface area contributed by atoms with Crippen molar-refractivity contribution in [1.29, 1.82) is 0 Å². The fourth-order valence-corrected chi connectivity index (χ4v) is 3.94. The number of amides is 1. The van der Waals surface area contributed by atoms with E-state index in [0.717, 1.165) is 24.3 Å². The van der Waals surface area contributed by atoms with Crippen molar-refractivity contribution in [2.24, 2.45) is 0 Å². The van der Waals surface area contributed by atoms with Gasteiger partial charge in [0.1, 0.15) is 16.4 Å². The summed E-state index contributed by atoms with van der Waals surface area (Å²) in [6.07, 6.45) is 5.81. The zero-order valence-corrected chi connectivity index (χ0v) is 15.5. The summed E-state index contributed by atoms with van der Waals surface area (Å²) in [7, 11) is 2.06. The number of rotatable bonds is 2. The molecule has 1 unspecified atom stereocenters. The van der Waals surface area contributed by atoms with Crippen LogP contribution in [0.5, 0.6) is 0 Å². The first-order valence-corrected chi connectivity index (χ1v) is 9.39. The van der Waals surface area contributed by atoms with Crippen LogP contribution in [-0.2, 0) is 0 Å². The number of para-hydroxylation sites is 2. The summed E-state index contributed by atoms with van der Waals surface area (Å²) in [5.74, 6) is -0.0772. The SMILES string of the molecule is CC1CCN(C)c2ccccc2N1C(=O)c1csc(-c2cnccn2)n1. The van der Waals surface area contributed by atoms with Gasteiger partial charge < -0.3 is 9.80 Å². The Morgan fingerprint density at radius 3 is 2.81 bits per heavy atom. The third kappa shape index (κ3) is 2.94. The quantitative estimate of drug-likeness (QED) is 0.696. The summed E-state index contributed by atoms with van der Waals surface area (Å²) in [5, 5.41) is 2.50. The number of aromatic nitrogens is 3. The molecule has 1 aliphatic rings. The van der Waals surface area contributed by atoms with Crippen molar-refractivity contribution in [2.75, 3.05) is 23.4 Å². The molecule has 0 saturated carbocycles. The van der Waals surface area contributed by atoms with Crippen LogP contribution in [0, 0.1) is 0 Å². The summed E-state index contributed by atoms with van der Waals surface area (Å²) in [6.45, 7) is 2.99. The highest BCUT2D eigenvalue weighted by molar-refractivity contribution is 7.13. The molecule has 1 aliphatic heterocycles. The molecule has 3 heterocycles. The summed E-state index contributed by atoms with van der Waals surface area (Å²) in [6, 6.07) is 8.12. The zero-order valence-electron chi connectivity index (χ0n) is 14.7. The first kappa shape index (κ1) is 16.7. The van der Waals surface area contributed by atoms with Crippen LogP contribution in [0.25, 0.3) is 10.7 Å². The van der Waals surface area contributed by atoms with Crippen LogP contribution >= 0.6 is 11.3 Å². The van der Waals surface area contributed by atoms with E-state index in [4.69, 9.17) is 0 Å². The third-order valence-electron chi connectivity index (χ3n) is 4.60. The lowest BCUT2D eigenvalue weighted by molar-refractivity contribution is 0.0974. The van der Waals surface area contributed by atoms with E-state index in [-0.39, 0.29) is 11.9 Å². The van der Waals surface area contributed by atoms with Gasteiger partial charge in [-0.25, -0.2) is 4.98 Å². The summed E-state index contributed by atoms with van der Waals surface area (Å²) in [4.78, 5) is 30.2. The van der Waals surface area contributed by atoms with Crippen molar-refractivity contribution in [2.45, 2.75) is 19.4 Å². The van der Waals surface area contributed by atoms with Gasteiger partial charge in [-0.15, -0.1) is 11.3 Å². The van der Waals surface area contributed by atoms with Crippen LogP contribution in [0.1, 0.15) is 23.8 Å². The lowest BCUT2D eigenvalue weighted by atomic mass is 10.1. The first-order chi connectivity index (χ1) is 12.6. The van der Waals surface area contributed by atoms with Gasteiger partial charge in [-0.1, -0.05) is 12.1 Å². The van der Waals surface area contributed by atoms with Gasteiger partial charge in [-0.3, -0.25) is 14.8 Å². The Morgan fingerprint density at radius 1 is 1.23 bits per heavy atom. The molecule has 0 fully saturated rings. The molecular formula is C19H19N5OS. The van der Waals surface area contributed by atoms with Crippen molar-refractivity contribution in [3.63, 3.8) is 0 Å². The number of hydrogen-bond donors (Lipinski definition) is 0. The van der Waals surface area contributed by atoms with Crippen molar-refractivity contribution >= 4 is 28.6 Å². The standard InChI is InChI=1S/C19H19N5OS/c1-13-7-10-23(2)16-5-3-4-6-17(16)24(13)19(25)15-12-26-18(22-15)14-11-20-8-9-21-14/h3-6,8-9,11-13H,7,10H2,1-2H3. The van der Waals surface area contributed by atoms with E-state index in [1.54, 1.807) is 24.0 Å². The Labute approximate surface area is 156 Å². The van der Waals surface area contributed by atoms with Crippen LogP contribution in [0.2, 0.25) is 0 Å². The Balaban J connectivity index is 1.71. The second kappa shape index (κ2) is 6.84. The largest absolute Gasteiger partial charge is 0.373 e. The Kier molecular flexibility index (Phi) is 4.38. The predicted octanol–water partition coefficient (Wildman–Crippen LogP) is 3.48. The highest BCUT2D eigenvalue weighted by atomic mass is 32.1. The van der Waals surface area contributed by atoms with Crippen molar-refractivity contribution in [3.05, 3.63) is 53.9 Å². The van der Waals surface area contributed by atoms with Gasteiger partial charge in [0.05, 0.1) is 17.6 Å². The van der Waals surface area contributed by atoms with Gasteiger partial charge in [0.15, 0.2) is 0 Å². The number of anilines is 2. The fourth-order valence-electron chi connectivity index (χ4n) is 3.19. The normalized spacial score (nSPS) is 16.9. The van der Waals surface area contributed by atoms with Crippen LogP contribution in [0.3, 0.4) is 0 Å².